The van der Waals surface area contributed by atoms with Crippen LogP contribution < -0.4 is 9.46 Å². The number of benzene rings is 3. The largest absolute Gasteiger partial charge is 0.465 e. The standard InChI is InChI=1S/C27H27FN4O5S/c1-18(2)16-37-27-29-25(23-10-6-7-11-24(23)28)32(30-27)21-14-12-20(13-15-21)31-38(34,35)17-19-8-4-5-9-22(19)26(33)36-3/h4-15,18,31H,16-17H2,1-3H3. The quantitative estimate of drug-likeness (QED) is 0.288. The van der Waals surface area contributed by atoms with Crippen molar-refractivity contribution >= 4 is 21.7 Å². The van der Waals surface area contributed by atoms with Gasteiger partial charge in [0.05, 0.1) is 36.3 Å². The third kappa shape index (κ3) is 6.35. The minimum absolute atomic E-state index is 0.103. The lowest BCUT2D eigenvalue weighted by atomic mass is 10.1. The monoisotopic (exact) mass is 538 g/mol. The maximum atomic E-state index is 14.6. The van der Waals surface area contributed by atoms with Crippen molar-refractivity contribution < 1.29 is 27.1 Å². The van der Waals surface area contributed by atoms with Crippen LogP contribution in [0.3, 0.4) is 0 Å². The number of hydrogen-bond donors (Lipinski definition) is 1. The van der Waals surface area contributed by atoms with Crippen molar-refractivity contribution in [1.29, 1.82) is 0 Å². The fraction of sp³-hybridized carbons (Fsp3) is 0.222. The lowest BCUT2D eigenvalue weighted by Crippen LogP contribution is -2.17. The molecule has 0 atom stereocenters. The summed E-state index contributed by atoms with van der Waals surface area (Å²) in [6.07, 6.45) is 0. The highest BCUT2D eigenvalue weighted by Gasteiger charge is 2.20. The topological polar surface area (TPSA) is 112 Å². The molecular weight excluding hydrogens is 511 g/mol. The third-order valence-electron chi connectivity index (χ3n) is 5.40. The maximum absolute atomic E-state index is 14.6. The van der Waals surface area contributed by atoms with Crippen LogP contribution in [0.2, 0.25) is 0 Å². The first-order valence-electron chi connectivity index (χ1n) is 11.8. The zero-order valence-electron chi connectivity index (χ0n) is 21.1. The molecule has 198 valence electrons. The zero-order valence-corrected chi connectivity index (χ0v) is 21.9. The van der Waals surface area contributed by atoms with Gasteiger partial charge in [0.1, 0.15) is 5.82 Å². The molecule has 4 aromatic rings. The van der Waals surface area contributed by atoms with Crippen LogP contribution in [0.15, 0.2) is 72.8 Å². The second-order valence-corrected chi connectivity index (χ2v) is 10.6. The van der Waals surface area contributed by atoms with Crippen LogP contribution in [0, 0.1) is 11.7 Å². The Morgan fingerprint density at radius 2 is 1.71 bits per heavy atom. The highest BCUT2D eigenvalue weighted by molar-refractivity contribution is 7.91. The Hall–Kier alpha value is -4.25. The van der Waals surface area contributed by atoms with Crippen LogP contribution in [0.4, 0.5) is 10.1 Å². The van der Waals surface area contributed by atoms with Gasteiger partial charge in [-0.1, -0.05) is 44.2 Å². The molecule has 0 aliphatic carbocycles. The summed E-state index contributed by atoms with van der Waals surface area (Å²) in [5.74, 6) is -1.01. The molecule has 1 N–H and O–H groups in total. The van der Waals surface area contributed by atoms with Crippen molar-refractivity contribution in [3.8, 4) is 23.1 Å². The lowest BCUT2D eigenvalue weighted by Gasteiger charge is -2.12. The van der Waals surface area contributed by atoms with Gasteiger partial charge >= 0.3 is 12.0 Å². The fourth-order valence-electron chi connectivity index (χ4n) is 3.64. The summed E-state index contributed by atoms with van der Waals surface area (Å²) >= 11 is 0. The van der Waals surface area contributed by atoms with E-state index < -0.39 is 27.6 Å². The minimum atomic E-state index is -3.86. The summed E-state index contributed by atoms with van der Waals surface area (Å²) in [6.45, 7) is 4.37. The molecule has 0 aliphatic rings. The molecule has 0 saturated carbocycles. The molecule has 11 heteroatoms. The van der Waals surface area contributed by atoms with Crippen molar-refractivity contribution in [2.24, 2.45) is 5.92 Å². The second-order valence-electron chi connectivity index (χ2n) is 8.87. The summed E-state index contributed by atoms with van der Waals surface area (Å²) < 4.78 is 54.6. The van der Waals surface area contributed by atoms with Crippen LogP contribution in [-0.4, -0.2) is 42.9 Å². The molecule has 0 unspecified atom stereocenters. The molecule has 0 fully saturated rings. The number of rotatable bonds is 10. The average Bonchev–Trinajstić information content (AvgIpc) is 3.31. The number of aromatic nitrogens is 3. The fourth-order valence-corrected chi connectivity index (χ4v) is 4.87. The van der Waals surface area contributed by atoms with Crippen molar-refractivity contribution in [3.05, 3.63) is 89.7 Å². The first-order chi connectivity index (χ1) is 18.2. The van der Waals surface area contributed by atoms with E-state index in [9.17, 15) is 17.6 Å². The molecule has 0 aliphatic heterocycles. The number of halogens is 1. The number of nitrogens with one attached hydrogen (secondary N) is 1. The maximum Gasteiger partial charge on any atom is 0.338 e. The molecule has 0 radical (unpaired) electrons. The van der Waals surface area contributed by atoms with E-state index in [-0.39, 0.29) is 28.9 Å². The molecule has 9 nitrogen and oxygen atoms in total. The van der Waals surface area contributed by atoms with Crippen LogP contribution in [-0.2, 0) is 20.5 Å². The van der Waals surface area contributed by atoms with Gasteiger partial charge in [-0.2, -0.15) is 4.98 Å². The molecule has 1 heterocycles. The van der Waals surface area contributed by atoms with E-state index in [1.165, 1.54) is 23.9 Å². The molecule has 38 heavy (non-hydrogen) atoms. The third-order valence-corrected chi connectivity index (χ3v) is 6.64. The van der Waals surface area contributed by atoms with E-state index >= 15 is 0 Å². The molecule has 0 bridgehead atoms. The predicted octanol–water partition coefficient (Wildman–Crippen LogP) is 4.84. The van der Waals surface area contributed by atoms with Gasteiger partial charge in [-0.3, -0.25) is 4.72 Å². The van der Waals surface area contributed by atoms with Crippen molar-refractivity contribution in [2.75, 3.05) is 18.4 Å². The Morgan fingerprint density at radius 1 is 1.03 bits per heavy atom. The summed E-state index contributed by atoms with van der Waals surface area (Å²) in [5.41, 5.74) is 1.56. The van der Waals surface area contributed by atoms with E-state index in [2.05, 4.69) is 14.8 Å². The summed E-state index contributed by atoms with van der Waals surface area (Å²) in [6, 6.07) is 19.0. The Morgan fingerprint density at radius 3 is 2.39 bits per heavy atom. The molecule has 0 spiro atoms. The number of esters is 1. The van der Waals surface area contributed by atoms with Gasteiger partial charge in [-0.05, 0) is 53.9 Å². The van der Waals surface area contributed by atoms with Gasteiger partial charge in [0.25, 0.3) is 0 Å². The van der Waals surface area contributed by atoms with Gasteiger partial charge in [-0.25, -0.2) is 22.3 Å². The van der Waals surface area contributed by atoms with Crippen LogP contribution in [0.5, 0.6) is 6.01 Å². The number of ether oxygens (including phenoxy) is 2. The number of hydrogen-bond acceptors (Lipinski definition) is 7. The Balaban J connectivity index is 1.59. The lowest BCUT2D eigenvalue weighted by molar-refractivity contribution is 0.0600. The van der Waals surface area contributed by atoms with E-state index in [0.717, 1.165) is 0 Å². The van der Waals surface area contributed by atoms with Crippen molar-refractivity contribution in [1.82, 2.24) is 14.8 Å². The van der Waals surface area contributed by atoms with E-state index in [1.807, 2.05) is 13.8 Å². The highest BCUT2D eigenvalue weighted by Crippen LogP contribution is 2.27. The molecule has 0 saturated heterocycles. The molecular formula is C27H27FN4O5S. The highest BCUT2D eigenvalue weighted by atomic mass is 32.2. The van der Waals surface area contributed by atoms with E-state index in [1.54, 1.807) is 60.7 Å². The number of sulfonamides is 1. The minimum Gasteiger partial charge on any atom is -0.465 e. The van der Waals surface area contributed by atoms with E-state index in [0.29, 0.717) is 23.5 Å². The smallest absolute Gasteiger partial charge is 0.338 e. The number of methoxy groups -OCH3 is 1. The first-order valence-corrected chi connectivity index (χ1v) is 13.4. The van der Waals surface area contributed by atoms with Crippen LogP contribution >= 0.6 is 0 Å². The van der Waals surface area contributed by atoms with Crippen LogP contribution in [0.25, 0.3) is 17.1 Å². The molecule has 1 aromatic heterocycles. The number of nitrogens with zero attached hydrogens (tertiary/aromatic N) is 3. The number of carbonyl (C=O) groups excluding carboxylic acids is 1. The Kier molecular flexibility index (Phi) is 8.06. The van der Waals surface area contributed by atoms with Crippen molar-refractivity contribution in [3.63, 3.8) is 0 Å². The zero-order chi connectivity index (χ0) is 27.3. The first kappa shape index (κ1) is 26.8. The summed E-state index contributed by atoms with van der Waals surface area (Å²) in [7, 11) is -2.62. The van der Waals surface area contributed by atoms with Crippen LogP contribution in [0.1, 0.15) is 29.8 Å². The number of anilines is 1. The second kappa shape index (κ2) is 11.4. The SMILES string of the molecule is COC(=O)c1ccccc1CS(=O)(=O)Nc1ccc(-n2nc(OCC(C)C)nc2-c2ccccc2F)cc1. The summed E-state index contributed by atoms with van der Waals surface area (Å²) in [4.78, 5) is 16.4. The molecule has 0 amide bonds. The molecule has 4 rings (SSSR count). The normalized spacial score (nSPS) is 11.4. The Bertz CT molecular complexity index is 1540. The molecule has 3 aromatic carbocycles. The number of carbonyl (C=O) groups is 1. The summed E-state index contributed by atoms with van der Waals surface area (Å²) in [5, 5.41) is 4.40. The van der Waals surface area contributed by atoms with Crippen molar-refractivity contribution in [2.45, 2.75) is 19.6 Å². The Labute approximate surface area is 220 Å². The van der Waals surface area contributed by atoms with Gasteiger partial charge in [0, 0.05) is 5.69 Å². The van der Waals surface area contributed by atoms with Gasteiger partial charge in [0.2, 0.25) is 10.0 Å². The van der Waals surface area contributed by atoms with Gasteiger partial charge in [0.15, 0.2) is 5.82 Å². The van der Waals surface area contributed by atoms with Gasteiger partial charge < -0.3 is 9.47 Å². The van der Waals surface area contributed by atoms with Gasteiger partial charge in [-0.15, -0.1) is 5.10 Å². The average molecular weight is 539 g/mol. The predicted molar refractivity (Wildman–Crippen MR) is 141 cm³/mol. The van der Waals surface area contributed by atoms with E-state index in [4.69, 9.17) is 9.47 Å².